The van der Waals surface area contributed by atoms with Crippen LogP contribution >= 0.6 is 0 Å². The van der Waals surface area contributed by atoms with E-state index in [0.717, 1.165) is 5.56 Å². The number of nitrogens with one attached hydrogen (secondary N) is 1. The van der Waals surface area contributed by atoms with E-state index in [1.807, 2.05) is 6.92 Å². The van der Waals surface area contributed by atoms with E-state index in [1.165, 1.54) is 0 Å². The number of rotatable bonds is 5. The first-order valence-electron chi connectivity index (χ1n) is 6.23. The van der Waals surface area contributed by atoms with Gasteiger partial charge in [0, 0.05) is 13.0 Å². The lowest BCUT2D eigenvalue weighted by Crippen LogP contribution is -2.27. The standard InChI is InChI=1S/C13H17NO4S/c1-10-2-5-12(6-3-10)19(16,17)14-9-8-11-4-7-13(15)18-11/h2-3,5-6,11,14H,4,7-9H2,1H3. The summed E-state index contributed by atoms with van der Waals surface area (Å²) in [5.41, 5.74) is 1.01. The largest absolute Gasteiger partial charge is 0.462 e. The average molecular weight is 283 g/mol. The molecule has 0 spiro atoms. The summed E-state index contributed by atoms with van der Waals surface area (Å²) in [5.74, 6) is -0.202. The average Bonchev–Trinajstić information content (AvgIpc) is 2.75. The van der Waals surface area contributed by atoms with Gasteiger partial charge in [-0.1, -0.05) is 17.7 Å². The van der Waals surface area contributed by atoms with Crippen LogP contribution < -0.4 is 4.72 Å². The van der Waals surface area contributed by atoms with Gasteiger partial charge in [0.05, 0.1) is 4.90 Å². The molecule has 0 radical (unpaired) electrons. The molecule has 0 saturated carbocycles. The molecule has 1 fully saturated rings. The molecule has 0 aromatic heterocycles. The number of ether oxygens (including phenoxy) is 1. The van der Waals surface area contributed by atoms with E-state index in [4.69, 9.17) is 4.74 Å². The highest BCUT2D eigenvalue weighted by molar-refractivity contribution is 7.89. The Balaban J connectivity index is 1.87. The van der Waals surface area contributed by atoms with Crippen LogP contribution in [0.2, 0.25) is 0 Å². The van der Waals surface area contributed by atoms with Gasteiger partial charge >= 0.3 is 5.97 Å². The Morgan fingerprint density at radius 2 is 2.00 bits per heavy atom. The molecule has 1 saturated heterocycles. The van der Waals surface area contributed by atoms with Crippen LogP contribution in [0.3, 0.4) is 0 Å². The molecule has 19 heavy (non-hydrogen) atoms. The summed E-state index contributed by atoms with van der Waals surface area (Å²) in [7, 11) is -3.47. The maximum Gasteiger partial charge on any atom is 0.306 e. The number of carbonyl (C=O) groups is 1. The SMILES string of the molecule is Cc1ccc(S(=O)(=O)NCCC2CCC(=O)O2)cc1. The van der Waals surface area contributed by atoms with E-state index in [9.17, 15) is 13.2 Å². The maximum absolute atomic E-state index is 12.0. The van der Waals surface area contributed by atoms with E-state index in [0.29, 0.717) is 19.3 Å². The molecule has 104 valence electrons. The van der Waals surface area contributed by atoms with Crippen LogP contribution in [-0.2, 0) is 19.6 Å². The van der Waals surface area contributed by atoms with Crippen molar-refractivity contribution >= 4 is 16.0 Å². The molecule has 1 aromatic carbocycles. The normalized spacial score (nSPS) is 19.4. The lowest BCUT2D eigenvalue weighted by atomic mass is 10.2. The summed E-state index contributed by atoms with van der Waals surface area (Å²) in [6.45, 7) is 2.17. The summed E-state index contributed by atoms with van der Waals surface area (Å²) in [4.78, 5) is 11.2. The van der Waals surface area contributed by atoms with Gasteiger partial charge in [-0.15, -0.1) is 0 Å². The molecule has 2 rings (SSSR count). The number of esters is 1. The molecule has 1 aromatic rings. The van der Waals surface area contributed by atoms with Gasteiger partial charge in [-0.3, -0.25) is 4.79 Å². The Morgan fingerprint density at radius 3 is 2.58 bits per heavy atom. The summed E-state index contributed by atoms with van der Waals surface area (Å²) >= 11 is 0. The molecule has 1 atom stereocenters. The number of aryl methyl sites for hydroxylation is 1. The van der Waals surface area contributed by atoms with Crippen molar-refractivity contribution in [3.05, 3.63) is 29.8 Å². The molecule has 1 heterocycles. The van der Waals surface area contributed by atoms with Crippen molar-refractivity contribution in [1.82, 2.24) is 4.72 Å². The summed E-state index contributed by atoms with van der Waals surface area (Å²) in [6, 6.07) is 6.67. The number of benzene rings is 1. The number of cyclic esters (lactones) is 1. The first kappa shape index (κ1) is 14.0. The third-order valence-electron chi connectivity index (χ3n) is 3.06. The molecule has 1 unspecified atom stereocenters. The van der Waals surface area contributed by atoms with E-state index in [2.05, 4.69) is 4.72 Å². The van der Waals surface area contributed by atoms with Crippen molar-refractivity contribution in [2.24, 2.45) is 0 Å². The molecule has 1 aliphatic heterocycles. The maximum atomic E-state index is 12.0. The fraction of sp³-hybridized carbons (Fsp3) is 0.462. The second kappa shape index (κ2) is 5.71. The van der Waals surface area contributed by atoms with Gasteiger partial charge in [-0.05, 0) is 31.9 Å². The number of carbonyl (C=O) groups excluding carboxylic acids is 1. The number of hydrogen-bond donors (Lipinski definition) is 1. The van der Waals surface area contributed by atoms with E-state index >= 15 is 0 Å². The Morgan fingerprint density at radius 1 is 1.32 bits per heavy atom. The molecule has 0 aliphatic carbocycles. The van der Waals surface area contributed by atoms with E-state index < -0.39 is 10.0 Å². The zero-order chi connectivity index (χ0) is 13.9. The predicted molar refractivity (Wildman–Crippen MR) is 70.1 cm³/mol. The van der Waals surface area contributed by atoms with Gasteiger partial charge in [-0.25, -0.2) is 13.1 Å². The molecular formula is C13H17NO4S. The second-order valence-electron chi connectivity index (χ2n) is 4.65. The number of sulfonamides is 1. The number of hydrogen-bond acceptors (Lipinski definition) is 4. The molecule has 0 bridgehead atoms. The molecule has 1 N–H and O–H groups in total. The highest BCUT2D eigenvalue weighted by Crippen LogP contribution is 2.16. The lowest BCUT2D eigenvalue weighted by molar-refractivity contribution is -0.141. The van der Waals surface area contributed by atoms with Crippen LogP contribution in [0, 0.1) is 6.92 Å². The van der Waals surface area contributed by atoms with Gasteiger partial charge in [0.2, 0.25) is 10.0 Å². The summed E-state index contributed by atoms with van der Waals surface area (Å²) in [6.07, 6.45) is 1.45. The van der Waals surface area contributed by atoms with Crippen molar-refractivity contribution in [3.8, 4) is 0 Å². The smallest absolute Gasteiger partial charge is 0.306 e. The van der Waals surface area contributed by atoms with Crippen LogP contribution in [0.4, 0.5) is 0 Å². The van der Waals surface area contributed by atoms with Gasteiger partial charge in [0.25, 0.3) is 0 Å². The minimum absolute atomic E-state index is 0.159. The van der Waals surface area contributed by atoms with Gasteiger partial charge in [-0.2, -0.15) is 0 Å². The highest BCUT2D eigenvalue weighted by Gasteiger charge is 2.23. The first-order chi connectivity index (χ1) is 8.97. The van der Waals surface area contributed by atoms with Gasteiger partial charge in [0.15, 0.2) is 0 Å². The van der Waals surface area contributed by atoms with Gasteiger partial charge < -0.3 is 4.74 Å². The third kappa shape index (κ3) is 3.78. The van der Waals surface area contributed by atoms with Crippen LogP contribution in [0.25, 0.3) is 0 Å². The van der Waals surface area contributed by atoms with Crippen molar-refractivity contribution < 1.29 is 17.9 Å². The quantitative estimate of drug-likeness (QED) is 0.828. The van der Waals surface area contributed by atoms with E-state index in [-0.39, 0.29) is 23.5 Å². The Kier molecular flexibility index (Phi) is 4.21. The zero-order valence-electron chi connectivity index (χ0n) is 10.8. The monoisotopic (exact) mass is 283 g/mol. The fourth-order valence-corrected chi connectivity index (χ4v) is 2.99. The summed E-state index contributed by atoms with van der Waals surface area (Å²) in [5, 5.41) is 0. The van der Waals surface area contributed by atoms with Crippen molar-refractivity contribution in [2.75, 3.05) is 6.54 Å². The van der Waals surface area contributed by atoms with Crippen LogP contribution in [0.1, 0.15) is 24.8 Å². The molecule has 5 nitrogen and oxygen atoms in total. The van der Waals surface area contributed by atoms with Crippen molar-refractivity contribution in [3.63, 3.8) is 0 Å². The molecule has 0 amide bonds. The molecular weight excluding hydrogens is 266 g/mol. The van der Waals surface area contributed by atoms with Crippen LogP contribution in [0.15, 0.2) is 29.2 Å². The fourth-order valence-electron chi connectivity index (χ4n) is 1.94. The molecule has 6 heteroatoms. The lowest BCUT2D eigenvalue weighted by Gasteiger charge is -2.10. The minimum Gasteiger partial charge on any atom is -0.462 e. The van der Waals surface area contributed by atoms with Gasteiger partial charge in [0.1, 0.15) is 6.10 Å². The Bertz CT molecular complexity index is 551. The first-order valence-corrected chi connectivity index (χ1v) is 7.71. The van der Waals surface area contributed by atoms with Crippen molar-refractivity contribution in [2.45, 2.75) is 37.2 Å². The van der Waals surface area contributed by atoms with Crippen LogP contribution in [-0.4, -0.2) is 27.0 Å². The molecule has 1 aliphatic rings. The van der Waals surface area contributed by atoms with E-state index in [1.54, 1.807) is 24.3 Å². The second-order valence-corrected chi connectivity index (χ2v) is 6.42. The Labute approximate surface area is 113 Å². The predicted octanol–water partition coefficient (Wildman–Crippen LogP) is 1.37. The van der Waals surface area contributed by atoms with Crippen molar-refractivity contribution in [1.29, 1.82) is 0 Å². The minimum atomic E-state index is -3.47. The van der Waals surface area contributed by atoms with Crippen LogP contribution in [0.5, 0.6) is 0 Å². The third-order valence-corrected chi connectivity index (χ3v) is 4.54. The summed E-state index contributed by atoms with van der Waals surface area (Å²) < 4.78 is 31.5. The zero-order valence-corrected chi connectivity index (χ0v) is 11.6. The topological polar surface area (TPSA) is 72.5 Å². The highest BCUT2D eigenvalue weighted by atomic mass is 32.2. The Hall–Kier alpha value is -1.40.